The fourth-order valence-electron chi connectivity index (χ4n) is 2.70. The number of benzene rings is 3. The van der Waals surface area contributed by atoms with Gasteiger partial charge in [0, 0.05) is 18.7 Å². The predicted octanol–water partition coefficient (Wildman–Crippen LogP) is 3.38. The molecule has 152 valence electrons. The van der Waals surface area contributed by atoms with Gasteiger partial charge in [0.25, 0.3) is 5.91 Å². The minimum absolute atomic E-state index is 0.0769. The molecule has 0 bridgehead atoms. The van der Waals surface area contributed by atoms with Crippen molar-refractivity contribution in [2.75, 3.05) is 25.1 Å². The molecule has 6 heteroatoms. The van der Waals surface area contributed by atoms with Gasteiger partial charge in [0.2, 0.25) is 5.91 Å². The second kappa shape index (κ2) is 10.5. The van der Waals surface area contributed by atoms with E-state index in [2.05, 4.69) is 22.5 Å². The van der Waals surface area contributed by atoms with Gasteiger partial charge in [-0.1, -0.05) is 48.2 Å². The summed E-state index contributed by atoms with van der Waals surface area (Å²) in [5.74, 6) is 6.50. The highest BCUT2D eigenvalue weighted by Gasteiger charge is 2.02. The van der Waals surface area contributed by atoms with Crippen molar-refractivity contribution in [2.45, 2.75) is 6.92 Å². The van der Waals surface area contributed by atoms with E-state index in [9.17, 15) is 9.59 Å². The zero-order valence-corrected chi connectivity index (χ0v) is 16.6. The molecule has 0 saturated carbocycles. The molecule has 0 saturated heterocycles. The summed E-state index contributed by atoms with van der Waals surface area (Å²) < 4.78 is 11.0. The summed E-state index contributed by atoms with van der Waals surface area (Å²) in [6, 6.07) is 20.7. The van der Waals surface area contributed by atoms with Gasteiger partial charge >= 0.3 is 0 Å². The molecule has 0 aliphatic heterocycles. The highest BCUT2D eigenvalue weighted by molar-refractivity contribution is 5.88. The lowest BCUT2D eigenvalue weighted by atomic mass is 10.1. The van der Waals surface area contributed by atoms with Crippen molar-refractivity contribution in [3.8, 4) is 23.3 Å². The van der Waals surface area contributed by atoms with E-state index >= 15 is 0 Å². The van der Waals surface area contributed by atoms with E-state index < -0.39 is 0 Å². The van der Waals surface area contributed by atoms with E-state index in [0.29, 0.717) is 17.2 Å². The van der Waals surface area contributed by atoms with Crippen LogP contribution >= 0.6 is 0 Å². The van der Waals surface area contributed by atoms with Crippen LogP contribution in [-0.4, -0.2) is 31.6 Å². The fraction of sp³-hybridized carbons (Fsp3) is 0.167. The van der Waals surface area contributed by atoms with E-state index in [1.807, 2.05) is 42.5 Å². The highest BCUT2D eigenvalue weighted by Crippen LogP contribution is 2.20. The Morgan fingerprint density at radius 2 is 1.67 bits per heavy atom. The van der Waals surface area contributed by atoms with Crippen LogP contribution in [0.1, 0.15) is 6.92 Å². The lowest BCUT2D eigenvalue weighted by Gasteiger charge is -2.07. The van der Waals surface area contributed by atoms with Gasteiger partial charge in [0.1, 0.15) is 18.1 Å². The van der Waals surface area contributed by atoms with E-state index in [-0.39, 0.29) is 31.6 Å². The van der Waals surface area contributed by atoms with Crippen LogP contribution in [0.2, 0.25) is 0 Å². The normalized spacial score (nSPS) is 9.90. The maximum atomic E-state index is 11.9. The van der Waals surface area contributed by atoms with Crippen LogP contribution in [0.5, 0.6) is 11.5 Å². The molecule has 0 aliphatic carbocycles. The molecule has 0 spiro atoms. The van der Waals surface area contributed by atoms with Crippen molar-refractivity contribution in [3.05, 3.63) is 66.7 Å². The molecular formula is C24H22N2O4. The smallest absolute Gasteiger partial charge is 0.258 e. The largest absolute Gasteiger partial charge is 0.484 e. The number of rotatable bonds is 7. The first-order valence-electron chi connectivity index (χ1n) is 9.44. The Labute approximate surface area is 175 Å². The first-order chi connectivity index (χ1) is 14.6. The van der Waals surface area contributed by atoms with Gasteiger partial charge in [-0.25, -0.2) is 0 Å². The summed E-state index contributed by atoms with van der Waals surface area (Å²) in [6.07, 6.45) is 0. The monoisotopic (exact) mass is 402 g/mol. The van der Waals surface area contributed by atoms with Crippen LogP contribution in [0.4, 0.5) is 5.69 Å². The molecular weight excluding hydrogens is 380 g/mol. The van der Waals surface area contributed by atoms with E-state index in [1.165, 1.54) is 6.92 Å². The molecule has 2 amide bonds. The summed E-state index contributed by atoms with van der Waals surface area (Å²) in [6.45, 7) is 1.74. The maximum Gasteiger partial charge on any atom is 0.258 e. The summed E-state index contributed by atoms with van der Waals surface area (Å²) in [4.78, 5) is 23.0. The topological polar surface area (TPSA) is 76.7 Å². The molecule has 0 fully saturated rings. The average Bonchev–Trinajstić information content (AvgIpc) is 2.74. The fourth-order valence-corrected chi connectivity index (χ4v) is 2.70. The van der Waals surface area contributed by atoms with Gasteiger partial charge in [0.15, 0.2) is 6.61 Å². The minimum atomic E-state index is -0.249. The number of hydrogen-bond donors (Lipinski definition) is 2. The number of fused-ring (bicyclic) bond motifs is 1. The van der Waals surface area contributed by atoms with E-state index in [1.54, 1.807) is 24.3 Å². The lowest BCUT2D eigenvalue weighted by Crippen LogP contribution is -2.29. The van der Waals surface area contributed by atoms with Gasteiger partial charge in [0.05, 0.1) is 6.54 Å². The highest BCUT2D eigenvalue weighted by atomic mass is 16.5. The predicted molar refractivity (Wildman–Crippen MR) is 116 cm³/mol. The summed E-state index contributed by atoms with van der Waals surface area (Å²) in [7, 11) is 0. The van der Waals surface area contributed by atoms with Gasteiger partial charge < -0.3 is 20.1 Å². The van der Waals surface area contributed by atoms with Crippen LogP contribution in [0.25, 0.3) is 10.8 Å². The van der Waals surface area contributed by atoms with E-state index in [0.717, 1.165) is 10.8 Å². The maximum absolute atomic E-state index is 11.9. The molecule has 0 atom stereocenters. The summed E-state index contributed by atoms with van der Waals surface area (Å²) in [5.41, 5.74) is 0.659. The molecule has 0 radical (unpaired) electrons. The third-order valence-corrected chi connectivity index (χ3v) is 4.06. The van der Waals surface area contributed by atoms with Crippen molar-refractivity contribution in [1.82, 2.24) is 5.32 Å². The SMILES string of the molecule is CC(=O)Nc1cccc(OCC#CCNC(=O)COc2ccc3ccccc3c2)c1. The molecule has 0 unspecified atom stereocenters. The Morgan fingerprint density at radius 1 is 0.867 bits per heavy atom. The van der Waals surface area contributed by atoms with Crippen molar-refractivity contribution < 1.29 is 19.1 Å². The third kappa shape index (κ3) is 6.57. The second-order valence-electron chi connectivity index (χ2n) is 6.43. The number of ether oxygens (including phenoxy) is 2. The zero-order chi connectivity index (χ0) is 21.2. The van der Waals surface area contributed by atoms with E-state index in [4.69, 9.17) is 9.47 Å². The lowest BCUT2D eigenvalue weighted by molar-refractivity contribution is -0.122. The second-order valence-corrected chi connectivity index (χ2v) is 6.43. The summed E-state index contributed by atoms with van der Waals surface area (Å²) in [5, 5.41) is 7.54. The molecule has 3 rings (SSSR count). The number of amides is 2. The molecule has 2 N–H and O–H groups in total. The molecule has 0 aromatic heterocycles. The average molecular weight is 402 g/mol. The van der Waals surface area contributed by atoms with Gasteiger partial charge in [-0.3, -0.25) is 9.59 Å². The minimum Gasteiger partial charge on any atom is -0.484 e. The Kier molecular flexibility index (Phi) is 7.28. The number of carbonyl (C=O) groups is 2. The Hall–Kier alpha value is -3.98. The number of anilines is 1. The standard InChI is InChI=1S/C24H22N2O4/c1-18(27)26-21-9-6-10-22(16-21)29-14-5-4-13-25-24(28)17-30-23-12-11-19-7-2-3-8-20(19)15-23/h2-3,6-12,15-16H,13-14,17H2,1H3,(H,25,28)(H,26,27). The first kappa shape index (κ1) is 20.7. The van der Waals surface area contributed by atoms with Crippen LogP contribution in [0, 0.1) is 11.8 Å². The summed E-state index contributed by atoms with van der Waals surface area (Å²) >= 11 is 0. The van der Waals surface area contributed by atoms with Crippen LogP contribution in [-0.2, 0) is 9.59 Å². The van der Waals surface area contributed by atoms with Crippen molar-refractivity contribution in [3.63, 3.8) is 0 Å². The Morgan fingerprint density at radius 3 is 2.50 bits per heavy atom. The van der Waals surface area contributed by atoms with Gasteiger partial charge in [-0.15, -0.1) is 0 Å². The quantitative estimate of drug-likeness (QED) is 0.594. The van der Waals surface area contributed by atoms with Crippen molar-refractivity contribution in [1.29, 1.82) is 0 Å². The van der Waals surface area contributed by atoms with Crippen molar-refractivity contribution >= 4 is 28.3 Å². The first-order valence-corrected chi connectivity index (χ1v) is 9.44. The number of carbonyl (C=O) groups excluding carboxylic acids is 2. The Balaban J connectivity index is 1.36. The van der Waals surface area contributed by atoms with Crippen LogP contribution < -0.4 is 20.1 Å². The molecule has 3 aromatic carbocycles. The van der Waals surface area contributed by atoms with Gasteiger partial charge in [-0.2, -0.15) is 0 Å². The van der Waals surface area contributed by atoms with Gasteiger partial charge in [-0.05, 0) is 35.0 Å². The number of hydrogen-bond acceptors (Lipinski definition) is 4. The molecule has 0 aliphatic rings. The molecule has 0 heterocycles. The molecule has 6 nitrogen and oxygen atoms in total. The van der Waals surface area contributed by atoms with Crippen LogP contribution in [0.15, 0.2) is 66.7 Å². The molecule has 30 heavy (non-hydrogen) atoms. The van der Waals surface area contributed by atoms with Crippen LogP contribution in [0.3, 0.4) is 0 Å². The Bertz CT molecular complexity index is 1100. The third-order valence-electron chi connectivity index (χ3n) is 4.06. The zero-order valence-electron chi connectivity index (χ0n) is 16.6. The number of nitrogens with one attached hydrogen (secondary N) is 2. The van der Waals surface area contributed by atoms with Crippen molar-refractivity contribution in [2.24, 2.45) is 0 Å². The molecule has 3 aromatic rings.